The van der Waals surface area contributed by atoms with E-state index < -0.39 is 5.97 Å². The van der Waals surface area contributed by atoms with E-state index >= 15 is 0 Å². The Balaban J connectivity index is 1.47. The Morgan fingerprint density at radius 1 is 0.756 bits per heavy atom. The van der Waals surface area contributed by atoms with Crippen molar-refractivity contribution in [1.82, 2.24) is 9.78 Å². The summed E-state index contributed by atoms with van der Waals surface area (Å²) in [5.74, 6) is 0.766. The average molecular weight is 588 g/mol. The number of ether oxygens (including phenoxy) is 3. The fourth-order valence-electron chi connectivity index (χ4n) is 4.21. The Morgan fingerprint density at radius 3 is 2.07 bits per heavy atom. The van der Waals surface area contributed by atoms with Crippen molar-refractivity contribution in [2.75, 3.05) is 6.61 Å². The van der Waals surface area contributed by atoms with Gasteiger partial charge in [0, 0.05) is 21.7 Å². The van der Waals surface area contributed by atoms with Crippen LogP contribution in [0.2, 0.25) is 10.0 Å². The van der Waals surface area contributed by atoms with Crippen LogP contribution in [0.4, 0.5) is 0 Å². The van der Waals surface area contributed by atoms with Crippen molar-refractivity contribution in [3.8, 4) is 22.8 Å². The maximum atomic E-state index is 12.9. The number of hydrogen-bond acceptors (Lipinski definition) is 5. The smallest absolute Gasteiger partial charge is 0.356 e. The molecular weight excluding hydrogens is 559 g/mol. The van der Waals surface area contributed by atoms with Gasteiger partial charge in [-0.05, 0) is 66.1 Å². The van der Waals surface area contributed by atoms with Gasteiger partial charge in [0.05, 0.1) is 18.8 Å². The maximum Gasteiger partial charge on any atom is 0.356 e. The maximum absolute atomic E-state index is 12.9. The summed E-state index contributed by atoms with van der Waals surface area (Å²) in [6.07, 6.45) is 0. The molecule has 5 rings (SSSR count). The number of aromatic nitrogens is 2. The first-order chi connectivity index (χ1) is 20.0. The van der Waals surface area contributed by atoms with Crippen LogP contribution in [0.1, 0.15) is 34.1 Å². The van der Waals surface area contributed by atoms with Crippen molar-refractivity contribution in [1.29, 1.82) is 0 Å². The molecule has 4 aromatic carbocycles. The van der Waals surface area contributed by atoms with Crippen LogP contribution < -0.4 is 9.47 Å². The van der Waals surface area contributed by atoms with Gasteiger partial charge in [-0.1, -0.05) is 77.8 Å². The molecule has 6 nitrogen and oxygen atoms in total. The van der Waals surface area contributed by atoms with Crippen LogP contribution in [-0.2, 0) is 24.5 Å². The van der Waals surface area contributed by atoms with Crippen molar-refractivity contribution in [2.24, 2.45) is 0 Å². The molecule has 8 heteroatoms. The first-order valence-corrected chi connectivity index (χ1v) is 13.9. The van der Waals surface area contributed by atoms with E-state index in [1.165, 1.54) is 0 Å². The van der Waals surface area contributed by atoms with Crippen LogP contribution in [0.25, 0.3) is 11.3 Å². The summed E-state index contributed by atoms with van der Waals surface area (Å²) in [5, 5.41) is 6.11. The quantitative estimate of drug-likeness (QED) is 0.146. The van der Waals surface area contributed by atoms with Crippen LogP contribution in [0.15, 0.2) is 103 Å². The summed E-state index contributed by atoms with van der Waals surface area (Å²) >= 11 is 12.1. The lowest BCUT2D eigenvalue weighted by Gasteiger charge is -2.13. The van der Waals surface area contributed by atoms with Gasteiger partial charge in [-0.15, -0.1) is 0 Å². The molecule has 0 saturated carbocycles. The Hall–Kier alpha value is -4.26. The number of halogens is 2. The van der Waals surface area contributed by atoms with Gasteiger partial charge in [0.15, 0.2) is 0 Å². The monoisotopic (exact) mass is 586 g/mol. The SMILES string of the molecule is CCOC(=O)c1cc(-c2ccc(OCc3ccc(Cl)cc3)cc2OCc2ccccc2)nn1Cc1ccc(Cl)cc1. The predicted molar refractivity (Wildman–Crippen MR) is 161 cm³/mol. The lowest BCUT2D eigenvalue weighted by molar-refractivity contribution is 0.0512. The van der Waals surface area contributed by atoms with Crippen molar-refractivity contribution < 1.29 is 19.0 Å². The second-order valence-corrected chi connectivity index (χ2v) is 10.1. The van der Waals surface area contributed by atoms with Crippen LogP contribution in [0.5, 0.6) is 11.5 Å². The van der Waals surface area contributed by atoms with Gasteiger partial charge in [-0.25, -0.2) is 4.79 Å². The Kier molecular flexibility index (Phi) is 9.24. The van der Waals surface area contributed by atoms with Crippen LogP contribution in [-0.4, -0.2) is 22.4 Å². The zero-order chi connectivity index (χ0) is 28.6. The van der Waals surface area contributed by atoms with Gasteiger partial charge in [-0.2, -0.15) is 5.10 Å². The molecule has 0 N–H and O–H groups in total. The summed E-state index contributed by atoms with van der Waals surface area (Å²) in [6, 6.07) is 32.2. The molecular formula is C33H28Cl2N2O4. The highest BCUT2D eigenvalue weighted by atomic mass is 35.5. The zero-order valence-corrected chi connectivity index (χ0v) is 23.9. The molecule has 0 aliphatic carbocycles. The Labute approximate surface area is 249 Å². The molecule has 41 heavy (non-hydrogen) atoms. The van der Waals surface area contributed by atoms with E-state index in [4.69, 9.17) is 42.5 Å². The van der Waals surface area contributed by atoms with E-state index in [1.54, 1.807) is 17.7 Å². The van der Waals surface area contributed by atoms with Crippen molar-refractivity contribution in [3.05, 3.63) is 136 Å². The molecule has 0 fully saturated rings. The molecule has 0 saturated heterocycles. The lowest BCUT2D eigenvalue weighted by Crippen LogP contribution is -2.14. The first kappa shape index (κ1) is 28.3. The third-order valence-electron chi connectivity index (χ3n) is 6.30. The molecule has 208 valence electrons. The fourth-order valence-corrected chi connectivity index (χ4v) is 4.46. The van der Waals surface area contributed by atoms with E-state index in [1.807, 2.05) is 97.1 Å². The van der Waals surface area contributed by atoms with E-state index in [9.17, 15) is 4.79 Å². The van der Waals surface area contributed by atoms with Gasteiger partial charge < -0.3 is 14.2 Å². The normalized spacial score (nSPS) is 10.8. The van der Waals surface area contributed by atoms with E-state index in [0.29, 0.717) is 52.7 Å². The third kappa shape index (κ3) is 7.48. The molecule has 0 aliphatic rings. The summed E-state index contributed by atoms with van der Waals surface area (Å²) in [6.45, 7) is 3.12. The Morgan fingerprint density at radius 2 is 1.39 bits per heavy atom. The number of esters is 1. The highest BCUT2D eigenvalue weighted by molar-refractivity contribution is 6.30. The summed E-state index contributed by atoms with van der Waals surface area (Å²) in [5.41, 5.74) is 4.60. The molecule has 0 amide bonds. The topological polar surface area (TPSA) is 62.6 Å². The minimum Gasteiger partial charge on any atom is -0.489 e. The number of carbonyl (C=O) groups excluding carboxylic acids is 1. The second-order valence-electron chi connectivity index (χ2n) is 9.27. The molecule has 0 bridgehead atoms. The minimum absolute atomic E-state index is 0.255. The highest BCUT2D eigenvalue weighted by Crippen LogP contribution is 2.34. The van der Waals surface area contributed by atoms with Gasteiger partial charge in [0.1, 0.15) is 30.4 Å². The number of rotatable bonds is 11. The van der Waals surface area contributed by atoms with Crippen LogP contribution >= 0.6 is 23.2 Å². The van der Waals surface area contributed by atoms with Crippen LogP contribution in [0.3, 0.4) is 0 Å². The highest BCUT2D eigenvalue weighted by Gasteiger charge is 2.20. The van der Waals surface area contributed by atoms with E-state index in [-0.39, 0.29) is 6.61 Å². The summed E-state index contributed by atoms with van der Waals surface area (Å²) in [7, 11) is 0. The number of benzene rings is 4. The number of nitrogens with zero attached hydrogens (tertiary/aromatic N) is 2. The second kappa shape index (κ2) is 13.4. The Bertz CT molecular complexity index is 1600. The van der Waals surface area contributed by atoms with Gasteiger partial charge in [0.25, 0.3) is 0 Å². The summed E-state index contributed by atoms with van der Waals surface area (Å²) in [4.78, 5) is 12.9. The molecule has 5 aromatic rings. The zero-order valence-electron chi connectivity index (χ0n) is 22.4. The molecule has 0 spiro atoms. The van der Waals surface area contributed by atoms with Crippen molar-refractivity contribution in [3.63, 3.8) is 0 Å². The van der Waals surface area contributed by atoms with Crippen molar-refractivity contribution >= 4 is 29.2 Å². The van der Waals surface area contributed by atoms with Crippen molar-refractivity contribution in [2.45, 2.75) is 26.7 Å². The average Bonchev–Trinajstić information content (AvgIpc) is 3.41. The summed E-state index contributed by atoms with van der Waals surface area (Å²) < 4.78 is 19.3. The lowest BCUT2D eigenvalue weighted by atomic mass is 10.1. The molecule has 0 atom stereocenters. The molecule has 0 radical (unpaired) electrons. The third-order valence-corrected chi connectivity index (χ3v) is 6.80. The van der Waals surface area contributed by atoms with Crippen LogP contribution in [0, 0.1) is 0 Å². The fraction of sp³-hybridized carbons (Fsp3) is 0.152. The molecule has 1 aromatic heterocycles. The number of hydrogen-bond donors (Lipinski definition) is 0. The van der Waals surface area contributed by atoms with Gasteiger partial charge in [0.2, 0.25) is 0 Å². The molecule has 0 aliphatic heterocycles. The molecule has 1 heterocycles. The molecule has 0 unspecified atom stereocenters. The van der Waals surface area contributed by atoms with Gasteiger partial charge >= 0.3 is 5.97 Å². The predicted octanol–water partition coefficient (Wildman–Crippen LogP) is 8.24. The first-order valence-electron chi connectivity index (χ1n) is 13.2. The number of carbonyl (C=O) groups is 1. The largest absolute Gasteiger partial charge is 0.489 e. The minimum atomic E-state index is -0.449. The standard InChI is InChI=1S/C33H28Cl2N2O4/c1-2-39-33(38)31-19-30(36-37(31)20-23-8-12-26(34)13-9-23)29-17-16-28(40-21-25-10-14-27(35)15-11-25)18-32(29)41-22-24-6-4-3-5-7-24/h3-19H,2,20-22H2,1H3. The van der Waals surface area contributed by atoms with E-state index in [0.717, 1.165) is 22.3 Å². The van der Waals surface area contributed by atoms with Gasteiger partial charge in [-0.3, -0.25) is 4.68 Å². The van der Waals surface area contributed by atoms with E-state index in [2.05, 4.69) is 0 Å².